The molecule has 0 fully saturated rings. The van der Waals surface area contributed by atoms with Crippen LogP contribution < -0.4 is 5.73 Å². The van der Waals surface area contributed by atoms with Gasteiger partial charge in [-0.1, -0.05) is 0 Å². The van der Waals surface area contributed by atoms with Crippen LogP contribution in [0.1, 0.15) is 0 Å². The van der Waals surface area contributed by atoms with Crippen LogP contribution in [0, 0.1) is 27.7 Å². The van der Waals surface area contributed by atoms with Gasteiger partial charge in [-0.05, 0) is 6.54 Å². The quantitative estimate of drug-likeness (QED) is 0.310. The largest absolute Gasteiger partial charge is 0.676 e. The Bertz CT molecular complexity index is 195. The molecule has 0 atom stereocenters. The Labute approximate surface area is 136 Å². The number of hydrogen-bond acceptors (Lipinski definition) is 5. The molecular weight excluding hydrogens is 462 g/mol. The number of carboxylic acid groups (broad SMARTS) is 4. The molecule has 1 radical (unpaired) electrons. The third-order valence-electron chi connectivity index (χ3n) is 0.144. The smallest absolute Gasteiger partial charge is 0.161 e. The molecule has 0 spiro atoms. The zero-order chi connectivity index (χ0) is 17.7. The fourth-order valence-corrected chi connectivity index (χ4v) is 0. The van der Waals surface area contributed by atoms with Crippen molar-refractivity contribution in [1.82, 2.24) is 0 Å². The van der Waals surface area contributed by atoms with E-state index < -0.39 is 23.9 Å². The zero-order valence-corrected chi connectivity index (χ0v) is 13.8. The number of rotatable bonds is 1. The van der Waals surface area contributed by atoms with Gasteiger partial charge in [-0.2, -0.15) is 0 Å². The standard InChI is InChI=1S/C2H7N2.4C2H3O2.Re/c3-1-2-4;4*1-2(3)4;/h3H,1-2,4H2;4*1H2,(H,3,4);/q5*-1;. The van der Waals surface area contributed by atoms with Crippen molar-refractivity contribution in [1.29, 1.82) is 0 Å². The van der Waals surface area contributed by atoms with E-state index in [0.29, 0.717) is 13.1 Å². The van der Waals surface area contributed by atoms with Gasteiger partial charge in [0, 0.05) is 20.4 Å². The van der Waals surface area contributed by atoms with Crippen molar-refractivity contribution in [3.63, 3.8) is 0 Å². The maximum atomic E-state index is 8.89. The van der Waals surface area contributed by atoms with E-state index in [2.05, 4.69) is 27.7 Å². The van der Waals surface area contributed by atoms with E-state index in [1.54, 1.807) is 0 Å². The molecule has 0 heterocycles. The number of nitrogens with two attached hydrogens (primary N) is 1. The minimum absolute atomic E-state index is 0. The molecule has 0 amide bonds. The summed E-state index contributed by atoms with van der Waals surface area (Å²) in [6.45, 7) is 11.1. The Hall–Kier alpha value is -2.06. The number of hydrogen-bond donors (Lipinski definition) is 5. The number of aliphatic carboxylic acids is 4. The predicted octanol–water partition coefficient (Wildman–Crippen LogP) is -0.385. The average molecular weight is 481 g/mol. The van der Waals surface area contributed by atoms with Gasteiger partial charge < -0.3 is 31.9 Å². The van der Waals surface area contributed by atoms with E-state index in [1.807, 2.05) is 0 Å². The van der Waals surface area contributed by atoms with Crippen LogP contribution >= 0.6 is 0 Å². The normalized spacial score (nSPS) is 6.00. The third kappa shape index (κ3) is 4080. The molecule has 0 aromatic heterocycles. The zero-order valence-electron chi connectivity index (χ0n) is 11.1. The van der Waals surface area contributed by atoms with E-state index >= 15 is 0 Å². The van der Waals surface area contributed by atoms with E-state index in [0.717, 1.165) is 0 Å². The molecule has 11 heteroatoms. The second-order valence-electron chi connectivity index (χ2n) is 2.11. The first-order valence-corrected chi connectivity index (χ1v) is 4.39. The van der Waals surface area contributed by atoms with Gasteiger partial charge in [-0.3, -0.25) is 46.9 Å². The molecular formula is C10H19N2O8Re-5. The SMILES string of the molecule is [CH2-]C(=O)O.[CH2-]C(=O)O.[CH2-]C(=O)O.[CH2-]C(=O)O.[NH-]CCN.[Re]. The Balaban J connectivity index is -0.0000000331. The molecule has 0 aliphatic heterocycles. The van der Waals surface area contributed by atoms with E-state index in [9.17, 15) is 0 Å². The van der Waals surface area contributed by atoms with Crippen LogP contribution in [0.25, 0.3) is 5.73 Å². The maximum absolute atomic E-state index is 8.89. The predicted molar refractivity (Wildman–Crippen MR) is 70.2 cm³/mol. The van der Waals surface area contributed by atoms with Gasteiger partial charge in [0.1, 0.15) is 0 Å². The van der Waals surface area contributed by atoms with Crippen LogP contribution in [0.15, 0.2) is 0 Å². The van der Waals surface area contributed by atoms with Gasteiger partial charge in [0.05, 0.1) is 0 Å². The molecule has 0 saturated carbocycles. The van der Waals surface area contributed by atoms with Crippen molar-refractivity contribution in [2.45, 2.75) is 0 Å². The molecule has 0 rings (SSSR count). The van der Waals surface area contributed by atoms with E-state index in [4.69, 9.17) is 51.1 Å². The summed E-state index contributed by atoms with van der Waals surface area (Å²) in [5.74, 6) is -4.33. The molecule has 0 aromatic carbocycles. The Morgan fingerprint density at radius 2 is 0.810 bits per heavy atom. The summed E-state index contributed by atoms with van der Waals surface area (Å²) < 4.78 is 0. The van der Waals surface area contributed by atoms with Crippen molar-refractivity contribution in [3.05, 3.63) is 33.4 Å². The maximum Gasteiger partial charge on any atom is 0.161 e. The summed E-state index contributed by atoms with van der Waals surface area (Å²) in [5, 5.41) is 29.2. The van der Waals surface area contributed by atoms with Gasteiger partial charge in [0.2, 0.25) is 0 Å². The first-order chi connectivity index (χ1) is 8.84. The second kappa shape index (κ2) is 36.1. The molecule has 7 N–H and O–H groups in total. The molecule has 10 nitrogen and oxygen atoms in total. The van der Waals surface area contributed by atoms with Crippen molar-refractivity contribution >= 4 is 23.9 Å². The monoisotopic (exact) mass is 482 g/mol. The topological polar surface area (TPSA) is 199 Å². The van der Waals surface area contributed by atoms with Gasteiger partial charge in [-0.15, -0.1) is 6.54 Å². The molecule has 0 unspecified atom stereocenters. The first-order valence-electron chi connectivity index (χ1n) is 4.39. The minimum Gasteiger partial charge on any atom is -0.676 e. The Kier molecular flexibility index (Phi) is 62.6. The van der Waals surface area contributed by atoms with Crippen LogP contribution in [0.5, 0.6) is 0 Å². The van der Waals surface area contributed by atoms with Crippen molar-refractivity contribution in [2.75, 3.05) is 13.1 Å². The fraction of sp³-hybridized carbons (Fsp3) is 0.200. The van der Waals surface area contributed by atoms with Gasteiger partial charge in [0.25, 0.3) is 0 Å². The van der Waals surface area contributed by atoms with Crippen LogP contribution in [0.4, 0.5) is 0 Å². The summed E-state index contributed by atoms with van der Waals surface area (Å²) in [6, 6.07) is 0. The van der Waals surface area contributed by atoms with Crippen LogP contribution in [0.3, 0.4) is 0 Å². The van der Waals surface area contributed by atoms with Crippen molar-refractivity contribution in [2.24, 2.45) is 5.73 Å². The van der Waals surface area contributed by atoms with Crippen LogP contribution in [-0.4, -0.2) is 57.4 Å². The third-order valence-corrected chi connectivity index (χ3v) is 0.144. The van der Waals surface area contributed by atoms with Gasteiger partial charge >= 0.3 is 0 Å². The molecule has 0 aliphatic rings. The van der Waals surface area contributed by atoms with Crippen molar-refractivity contribution < 1.29 is 60.0 Å². The molecule has 0 saturated heterocycles. The summed E-state index contributed by atoms with van der Waals surface area (Å²) in [4.78, 5) is 35.6. The Morgan fingerprint density at radius 3 is 0.810 bits per heavy atom. The van der Waals surface area contributed by atoms with E-state index in [1.165, 1.54) is 0 Å². The number of carbonyl (C=O) groups is 4. The number of nitrogens with one attached hydrogen (secondary N) is 1. The Morgan fingerprint density at radius 1 is 0.762 bits per heavy atom. The van der Waals surface area contributed by atoms with Gasteiger partial charge in [0.15, 0.2) is 23.9 Å². The summed E-state index contributed by atoms with van der Waals surface area (Å²) in [5.41, 5.74) is 11.2. The van der Waals surface area contributed by atoms with Crippen molar-refractivity contribution in [3.8, 4) is 0 Å². The van der Waals surface area contributed by atoms with E-state index in [-0.39, 0.29) is 20.4 Å². The molecule has 21 heavy (non-hydrogen) atoms. The van der Waals surface area contributed by atoms with Gasteiger partial charge in [-0.25, -0.2) is 0 Å². The van der Waals surface area contributed by atoms with Crippen LogP contribution in [-0.2, 0) is 39.6 Å². The summed E-state index contributed by atoms with van der Waals surface area (Å²) in [7, 11) is 0. The fourth-order valence-electron chi connectivity index (χ4n) is 0. The number of carboxylic acids is 4. The molecule has 0 aromatic rings. The summed E-state index contributed by atoms with van der Waals surface area (Å²) >= 11 is 0. The van der Waals surface area contributed by atoms with Crippen LogP contribution in [0.2, 0.25) is 0 Å². The molecule has 0 aliphatic carbocycles. The first kappa shape index (κ1) is 36.4. The minimum atomic E-state index is -1.08. The summed E-state index contributed by atoms with van der Waals surface area (Å²) in [6.07, 6.45) is 0. The second-order valence-corrected chi connectivity index (χ2v) is 2.11. The average Bonchev–Trinajstić information content (AvgIpc) is 2.13. The molecule has 0 bridgehead atoms. The molecule has 129 valence electrons.